The molecule has 0 aliphatic rings. The molecule has 0 fully saturated rings. The molecule has 0 atom stereocenters. The van der Waals surface area contributed by atoms with E-state index >= 15 is 0 Å². The second-order valence-electron chi connectivity index (χ2n) is 8.48. The fraction of sp³-hybridized carbons (Fsp3) is 0.722. The first-order valence-corrected chi connectivity index (χ1v) is 15.0. The zero-order valence-corrected chi connectivity index (χ0v) is 18.6. The van der Waals surface area contributed by atoms with E-state index in [9.17, 15) is 4.79 Å². The number of hydrogen-bond donors (Lipinski definition) is 0. The molecule has 0 aliphatic carbocycles. The second-order valence-corrected chi connectivity index (χ2v) is 18.4. The Kier molecular flexibility index (Phi) is 8.73. The summed E-state index contributed by atoms with van der Waals surface area (Å²) < 4.78 is 11.3. The number of hydrogen-bond acceptors (Lipinski definition) is 3. The van der Waals surface area contributed by atoms with Crippen LogP contribution < -0.4 is 0 Å². The molecule has 0 saturated heterocycles. The van der Waals surface area contributed by atoms with Crippen LogP contribution in [0.1, 0.15) is 34.1 Å². The number of carbonyl (C=O) groups is 1. The van der Waals surface area contributed by atoms with Crippen LogP contribution in [0.5, 0.6) is 0 Å². The zero-order chi connectivity index (χ0) is 18.3. The minimum absolute atomic E-state index is 0.207. The number of carbonyl (C=O) groups excluding carboxylic acids is 1. The number of ether oxygens (including phenoxy) is 1. The number of esters is 1. The lowest BCUT2D eigenvalue weighted by Crippen LogP contribution is -2.40. The van der Waals surface area contributed by atoms with Gasteiger partial charge in [0.05, 0.1) is 20.3 Å². The van der Waals surface area contributed by atoms with Crippen LogP contribution in [0.4, 0.5) is 0 Å². The molecular weight excluding hydrogens is 320 g/mol. The van der Waals surface area contributed by atoms with Crippen molar-refractivity contribution in [3.05, 3.63) is 23.4 Å². The summed E-state index contributed by atoms with van der Waals surface area (Å²) in [7, 11) is -3.07. The topological polar surface area (TPSA) is 35.5 Å². The highest BCUT2D eigenvalue weighted by Gasteiger charge is 2.36. The molecule has 23 heavy (non-hydrogen) atoms. The molecule has 0 N–H and O–H groups in total. The van der Waals surface area contributed by atoms with E-state index in [0.29, 0.717) is 18.8 Å². The van der Waals surface area contributed by atoms with Crippen molar-refractivity contribution in [1.82, 2.24) is 0 Å². The molecule has 0 bridgehead atoms. The molecule has 0 spiro atoms. The van der Waals surface area contributed by atoms with Crippen LogP contribution in [0.3, 0.4) is 0 Å². The first-order chi connectivity index (χ1) is 10.3. The Balaban J connectivity index is 4.84. The summed E-state index contributed by atoms with van der Waals surface area (Å²) in [6.45, 7) is 20.8. The van der Waals surface area contributed by atoms with Crippen molar-refractivity contribution < 1.29 is 14.0 Å². The largest absolute Gasteiger partial charge is 0.462 e. The molecule has 0 unspecified atom stereocenters. The first-order valence-electron chi connectivity index (χ1n) is 8.50. The molecule has 0 saturated carbocycles. The van der Waals surface area contributed by atoms with Gasteiger partial charge in [-0.25, -0.2) is 4.79 Å². The van der Waals surface area contributed by atoms with Crippen molar-refractivity contribution in [3.63, 3.8) is 0 Å². The summed E-state index contributed by atoms with van der Waals surface area (Å²) in [5.74, 6) is -0.241. The van der Waals surface area contributed by atoms with E-state index in [-0.39, 0.29) is 11.0 Å². The Morgan fingerprint density at radius 2 is 1.65 bits per heavy atom. The van der Waals surface area contributed by atoms with Gasteiger partial charge in [-0.3, -0.25) is 0 Å². The molecule has 0 aromatic heterocycles. The third-order valence-corrected chi connectivity index (χ3v) is 9.73. The van der Waals surface area contributed by atoms with Gasteiger partial charge in [0.1, 0.15) is 0 Å². The maximum atomic E-state index is 12.1. The summed E-state index contributed by atoms with van der Waals surface area (Å²) in [6, 6.07) is 0. The van der Waals surface area contributed by atoms with E-state index < -0.39 is 16.4 Å². The van der Waals surface area contributed by atoms with Gasteiger partial charge in [0, 0.05) is 6.61 Å². The lowest BCUT2D eigenvalue weighted by Gasteiger charge is -2.36. The van der Waals surface area contributed by atoms with Crippen LogP contribution in [0.15, 0.2) is 23.4 Å². The lowest BCUT2D eigenvalue weighted by molar-refractivity contribution is -0.138. The highest BCUT2D eigenvalue weighted by atomic mass is 28.4. The standard InChI is InChI=1S/C18H36O3Si2/c1-10-20-17(19)16(13-15-22(5,6)7)12-11-14-21-23(8,9)18(2,3)4/h12-13,15H,10-11,14H2,1-9H3/b15-13+,16-12-. The molecule has 0 radical (unpaired) electrons. The monoisotopic (exact) mass is 356 g/mol. The molecule has 5 heteroatoms. The summed E-state index contributed by atoms with van der Waals surface area (Å²) >= 11 is 0. The molecule has 3 nitrogen and oxygen atoms in total. The lowest BCUT2D eigenvalue weighted by atomic mass is 10.2. The van der Waals surface area contributed by atoms with E-state index in [0.717, 1.165) is 6.42 Å². The zero-order valence-electron chi connectivity index (χ0n) is 16.6. The molecule has 134 valence electrons. The van der Waals surface area contributed by atoms with Crippen molar-refractivity contribution in [3.8, 4) is 0 Å². The van der Waals surface area contributed by atoms with E-state index in [2.05, 4.69) is 59.2 Å². The predicted octanol–water partition coefficient (Wildman–Crippen LogP) is 5.32. The average Bonchev–Trinajstić information content (AvgIpc) is 2.35. The van der Waals surface area contributed by atoms with Gasteiger partial charge < -0.3 is 9.16 Å². The Labute approximate surface area is 145 Å². The maximum Gasteiger partial charge on any atom is 0.337 e. The average molecular weight is 357 g/mol. The molecule has 0 amide bonds. The highest BCUT2D eigenvalue weighted by molar-refractivity contribution is 6.81. The van der Waals surface area contributed by atoms with Gasteiger partial charge >= 0.3 is 5.97 Å². The van der Waals surface area contributed by atoms with Crippen LogP contribution in [-0.4, -0.2) is 35.6 Å². The van der Waals surface area contributed by atoms with Gasteiger partial charge in [0.15, 0.2) is 8.32 Å². The van der Waals surface area contributed by atoms with E-state index in [4.69, 9.17) is 9.16 Å². The normalized spacial score (nSPS) is 14.4. The second kappa shape index (κ2) is 8.99. The van der Waals surface area contributed by atoms with Gasteiger partial charge in [0.25, 0.3) is 0 Å². The van der Waals surface area contributed by atoms with Crippen LogP contribution in [0.2, 0.25) is 37.8 Å². The minimum atomic E-state index is -1.72. The van der Waals surface area contributed by atoms with Crippen molar-refractivity contribution >= 4 is 22.4 Å². The fourth-order valence-electron chi connectivity index (χ4n) is 1.52. The first kappa shape index (κ1) is 22.3. The third kappa shape index (κ3) is 9.28. The minimum Gasteiger partial charge on any atom is -0.462 e. The van der Waals surface area contributed by atoms with Crippen LogP contribution in [-0.2, 0) is 14.0 Å². The molecule has 0 aromatic rings. The molecule has 0 aliphatic heterocycles. The molecule has 0 rings (SSSR count). The van der Waals surface area contributed by atoms with Crippen LogP contribution in [0, 0.1) is 0 Å². The van der Waals surface area contributed by atoms with Crippen molar-refractivity contribution in [2.24, 2.45) is 0 Å². The van der Waals surface area contributed by atoms with Gasteiger partial charge in [-0.2, -0.15) is 0 Å². The predicted molar refractivity (Wildman–Crippen MR) is 105 cm³/mol. The molecule has 0 aromatic carbocycles. The van der Waals surface area contributed by atoms with Crippen LogP contribution in [0.25, 0.3) is 0 Å². The van der Waals surface area contributed by atoms with Crippen LogP contribution >= 0.6 is 0 Å². The van der Waals surface area contributed by atoms with Crippen molar-refractivity contribution in [2.45, 2.75) is 71.9 Å². The summed E-state index contributed by atoms with van der Waals surface area (Å²) in [5.41, 5.74) is 2.82. The highest BCUT2D eigenvalue weighted by Crippen LogP contribution is 2.36. The molecular formula is C18H36O3Si2. The Hall–Kier alpha value is -0.656. The van der Waals surface area contributed by atoms with Gasteiger partial charge in [-0.15, -0.1) is 0 Å². The maximum absolute atomic E-state index is 12.1. The fourth-order valence-corrected chi connectivity index (χ4v) is 3.26. The number of rotatable bonds is 8. The summed E-state index contributed by atoms with van der Waals surface area (Å²) in [6.07, 6.45) is 4.61. The Morgan fingerprint density at radius 1 is 1.09 bits per heavy atom. The summed E-state index contributed by atoms with van der Waals surface area (Å²) in [5, 5.41) is 0.207. The van der Waals surface area contributed by atoms with Crippen molar-refractivity contribution in [2.75, 3.05) is 13.2 Å². The van der Waals surface area contributed by atoms with E-state index in [1.165, 1.54) is 0 Å². The van der Waals surface area contributed by atoms with Crippen molar-refractivity contribution in [1.29, 1.82) is 0 Å². The summed E-state index contributed by atoms with van der Waals surface area (Å²) in [4.78, 5) is 12.1. The van der Waals surface area contributed by atoms with E-state index in [1.807, 2.05) is 19.1 Å². The van der Waals surface area contributed by atoms with E-state index in [1.54, 1.807) is 0 Å². The van der Waals surface area contributed by atoms with Gasteiger partial charge in [-0.1, -0.05) is 58.3 Å². The third-order valence-electron chi connectivity index (χ3n) is 4.03. The quantitative estimate of drug-likeness (QED) is 0.194. The van der Waals surface area contributed by atoms with Gasteiger partial charge in [-0.05, 0) is 31.5 Å². The Morgan fingerprint density at radius 3 is 2.09 bits per heavy atom. The SMILES string of the molecule is CCOC(=O)C(=C\CCO[Si](C)(C)C(C)(C)C)/C=C/[Si](C)(C)C. The smallest absolute Gasteiger partial charge is 0.337 e. The Bertz CT molecular complexity index is 438. The van der Waals surface area contributed by atoms with Gasteiger partial charge in [0.2, 0.25) is 0 Å². The molecule has 0 heterocycles.